The van der Waals surface area contributed by atoms with E-state index in [0.29, 0.717) is 11.4 Å². The third-order valence-electron chi connectivity index (χ3n) is 2.43. The number of benzene rings is 2. The number of nitrogens with two attached hydrogens (primary N) is 1. The Hall–Kier alpha value is -1.62. The highest BCUT2D eigenvalue weighted by Gasteiger charge is 2.13. The fraction of sp³-hybridized carbons (Fsp3) is 0.0769. The van der Waals surface area contributed by atoms with Crippen molar-refractivity contribution in [2.75, 3.05) is 5.73 Å². The van der Waals surface area contributed by atoms with Gasteiger partial charge >= 0.3 is 0 Å². The van der Waals surface area contributed by atoms with Crippen LogP contribution in [-0.4, -0.2) is 0 Å². The predicted molar refractivity (Wildman–Crippen MR) is 69.2 cm³/mol. The molecule has 0 bridgehead atoms. The van der Waals surface area contributed by atoms with Crippen LogP contribution in [-0.2, 0) is 6.61 Å². The molecule has 0 aliphatic heterocycles. The predicted octanol–water partition coefficient (Wildman–Crippen LogP) is 3.89. The first-order valence-corrected chi connectivity index (χ1v) is 5.98. The van der Waals surface area contributed by atoms with Crippen molar-refractivity contribution in [1.82, 2.24) is 0 Å². The zero-order valence-electron chi connectivity index (χ0n) is 9.29. The number of ether oxygens (including phenoxy) is 1. The lowest BCUT2D eigenvalue weighted by atomic mass is 10.2. The van der Waals surface area contributed by atoms with Crippen LogP contribution in [0.25, 0.3) is 0 Å². The van der Waals surface area contributed by atoms with Crippen molar-refractivity contribution in [1.29, 1.82) is 0 Å². The normalized spacial score (nSPS) is 10.4. The third kappa shape index (κ3) is 2.61. The van der Waals surface area contributed by atoms with E-state index in [4.69, 9.17) is 10.5 Å². The summed E-state index contributed by atoms with van der Waals surface area (Å²) in [5, 5.41) is 0. The molecule has 0 aliphatic rings. The number of para-hydroxylation sites is 2. The molecule has 2 nitrogen and oxygen atoms in total. The van der Waals surface area contributed by atoms with Gasteiger partial charge in [-0.15, -0.1) is 0 Å². The molecule has 0 atom stereocenters. The van der Waals surface area contributed by atoms with Crippen LogP contribution in [0.3, 0.4) is 0 Å². The number of anilines is 1. The minimum absolute atomic E-state index is 0.132. The Kier molecular flexibility index (Phi) is 3.81. The number of rotatable bonds is 3. The molecular weight excluding hydrogens is 304 g/mol. The summed E-state index contributed by atoms with van der Waals surface area (Å²) < 4.78 is 32.6. The molecule has 0 spiro atoms. The number of hydrogen-bond acceptors (Lipinski definition) is 2. The first kappa shape index (κ1) is 12.8. The molecule has 2 rings (SSSR count). The van der Waals surface area contributed by atoms with Crippen LogP contribution in [0, 0.1) is 11.6 Å². The maximum absolute atomic E-state index is 13.7. The van der Waals surface area contributed by atoms with Gasteiger partial charge in [0.2, 0.25) is 0 Å². The van der Waals surface area contributed by atoms with Crippen LogP contribution >= 0.6 is 15.9 Å². The minimum atomic E-state index is -0.662. The van der Waals surface area contributed by atoms with Gasteiger partial charge in [-0.3, -0.25) is 0 Å². The van der Waals surface area contributed by atoms with Crippen molar-refractivity contribution >= 4 is 21.6 Å². The molecule has 0 saturated heterocycles. The standard InChI is InChI=1S/C13H10BrF2NO/c14-9-5-6-10(15)8(13(9)16)7-18-12-4-2-1-3-11(12)17/h1-6H,7,17H2. The molecule has 0 aromatic heterocycles. The molecule has 0 unspecified atom stereocenters. The molecule has 0 aliphatic carbocycles. The van der Waals surface area contributed by atoms with Gasteiger partial charge in [-0.2, -0.15) is 0 Å². The Bertz CT molecular complexity index is 575. The lowest BCUT2D eigenvalue weighted by Gasteiger charge is -2.10. The second kappa shape index (κ2) is 5.35. The second-order valence-electron chi connectivity index (χ2n) is 3.65. The second-order valence-corrected chi connectivity index (χ2v) is 4.50. The first-order valence-electron chi connectivity index (χ1n) is 5.19. The average molecular weight is 314 g/mol. The van der Waals surface area contributed by atoms with E-state index in [1.165, 1.54) is 12.1 Å². The SMILES string of the molecule is Nc1ccccc1OCc1c(F)ccc(Br)c1F. The highest BCUT2D eigenvalue weighted by molar-refractivity contribution is 9.10. The Morgan fingerprint density at radius 1 is 1.11 bits per heavy atom. The third-order valence-corrected chi connectivity index (χ3v) is 3.04. The van der Waals surface area contributed by atoms with Gasteiger partial charge < -0.3 is 10.5 Å². The van der Waals surface area contributed by atoms with E-state index in [9.17, 15) is 8.78 Å². The van der Waals surface area contributed by atoms with E-state index < -0.39 is 11.6 Å². The molecule has 0 radical (unpaired) electrons. The maximum atomic E-state index is 13.7. The number of hydrogen-bond donors (Lipinski definition) is 1. The zero-order valence-corrected chi connectivity index (χ0v) is 10.9. The molecule has 2 aromatic rings. The van der Waals surface area contributed by atoms with E-state index in [2.05, 4.69) is 15.9 Å². The van der Waals surface area contributed by atoms with Gasteiger partial charge in [-0.05, 0) is 40.2 Å². The van der Waals surface area contributed by atoms with Gasteiger partial charge in [-0.1, -0.05) is 12.1 Å². The van der Waals surface area contributed by atoms with Gasteiger partial charge in [0, 0.05) is 0 Å². The topological polar surface area (TPSA) is 35.2 Å². The molecule has 2 aromatic carbocycles. The van der Waals surface area contributed by atoms with Crippen LogP contribution in [0.1, 0.15) is 5.56 Å². The van der Waals surface area contributed by atoms with Gasteiger partial charge in [0.25, 0.3) is 0 Å². The van der Waals surface area contributed by atoms with E-state index >= 15 is 0 Å². The molecule has 0 heterocycles. The summed E-state index contributed by atoms with van der Waals surface area (Å²) in [6, 6.07) is 9.28. The van der Waals surface area contributed by atoms with E-state index in [0.717, 1.165) is 0 Å². The summed E-state index contributed by atoms with van der Waals surface area (Å²) in [6.07, 6.45) is 0. The summed E-state index contributed by atoms with van der Waals surface area (Å²) in [7, 11) is 0. The smallest absolute Gasteiger partial charge is 0.146 e. The van der Waals surface area contributed by atoms with Crippen molar-refractivity contribution in [3.8, 4) is 5.75 Å². The van der Waals surface area contributed by atoms with Crippen molar-refractivity contribution in [3.63, 3.8) is 0 Å². The summed E-state index contributed by atoms with van der Waals surface area (Å²) in [4.78, 5) is 0. The van der Waals surface area contributed by atoms with Crippen molar-refractivity contribution < 1.29 is 13.5 Å². The van der Waals surface area contributed by atoms with E-state index in [1.54, 1.807) is 24.3 Å². The van der Waals surface area contributed by atoms with Crippen molar-refractivity contribution in [3.05, 3.63) is 58.1 Å². The van der Waals surface area contributed by atoms with Crippen molar-refractivity contribution in [2.24, 2.45) is 0 Å². The molecule has 0 saturated carbocycles. The molecule has 18 heavy (non-hydrogen) atoms. The van der Waals surface area contributed by atoms with Gasteiger partial charge in [0.05, 0.1) is 15.7 Å². The number of nitrogen functional groups attached to an aromatic ring is 1. The Balaban J connectivity index is 2.21. The van der Waals surface area contributed by atoms with Crippen LogP contribution in [0.2, 0.25) is 0 Å². The highest BCUT2D eigenvalue weighted by atomic mass is 79.9. The largest absolute Gasteiger partial charge is 0.487 e. The molecule has 0 amide bonds. The first-order chi connectivity index (χ1) is 8.59. The van der Waals surface area contributed by atoms with Gasteiger partial charge in [0.1, 0.15) is 24.0 Å². The summed E-state index contributed by atoms with van der Waals surface area (Å²) in [5.74, 6) is -0.911. The molecule has 0 fully saturated rings. The van der Waals surface area contributed by atoms with Crippen molar-refractivity contribution in [2.45, 2.75) is 6.61 Å². The Morgan fingerprint density at radius 3 is 2.56 bits per heavy atom. The summed E-state index contributed by atoms with van der Waals surface area (Å²) in [5.41, 5.74) is 5.96. The zero-order chi connectivity index (χ0) is 13.1. The molecule has 2 N–H and O–H groups in total. The summed E-state index contributed by atoms with van der Waals surface area (Å²) >= 11 is 3.00. The lowest BCUT2D eigenvalue weighted by Crippen LogP contribution is -2.04. The van der Waals surface area contributed by atoms with Crippen LogP contribution in [0.4, 0.5) is 14.5 Å². The quantitative estimate of drug-likeness (QED) is 0.689. The van der Waals surface area contributed by atoms with Crippen LogP contribution < -0.4 is 10.5 Å². The van der Waals surface area contributed by atoms with Crippen LogP contribution in [0.15, 0.2) is 40.9 Å². The molecular formula is C13H10BrF2NO. The van der Waals surface area contributed by atoms with Crippen LogP contribution in [0.5, 0.6) is 5.75 Å². The molecule has 94 valence electrons. The maximum Gasteiger partial charge on any atom is 0.146 e. The average Bonchev–Trinajstić information content (AvgIpc) is 2.36. The number of halogens is 3. The van der Waals surface area contributed by atoms with E-state index in [-0.39, 0.29) is 16.6 Å². The van der Waals surface area contributed by atoms with Gasteiger partial charge in [-0.25, -0.2) is 8.78 Å². The fourth-order valence-electron chi connectivity index (χ4n) is 1.46. The van der Waals surface area contributed by atoms with E-state index in [1.807, 2.05) is 0 Å². The minimum Gasteiger partial charge on any atom is -0.487 e. The van der Waals surface area contributed by atoms with Gasteiger partial charge in [0.15, 0.2) is 0 Å². The summed E-state index contributed by atoms with van der Waals surface area (Å²) in [6.45, 7) is -0.217. The lowest BCUT2D eigenvalue weighted by molar-refractivity contribution is 0.294. The highest BCUT2D eigenvalue weighted by Crippen LogP contribution is 2.25. The monoisotopic (exact) mass is 313 g/mol. The fourth-order valence-corrected chi connectivity index (χ4v) is 1.83. The Morgan fingerprint density at radius 2 is 1.83 bits per heavy atom. The Labute approximate surface area is 112 Å². The molecule has 5 heteroatoms.